The van der Waals surface area contributed by atoms with Crippen LogP contribution in [0.4, 0.5) is 0 Å². The van der Waals surface area contributed by atoms with Gasteiger partial charge in [0.1, 0.15) is 0 Å². The zero-order chi connectivity index (χ0) is 5.70. The largest absolute Gasteiger partial charge is 0.518 e. The monoisotopic (exact) mass is 183 g/mol. The van der Waals surface area contributed by atoms with E-state index in [1.165, 1.54) is 0 Å². The van der Waals surface area contributed by atoms with Crippen LogP contribution in [-0.2, 0) is 32.7 Å². The standard InChI is InChI=1S/C7H10.Y/c1-4-6-7(3)5-2;/h1,4-5,7H,2-3,6H2;/q-2;. The van der Waals surface area contributed by atoms with Crippen molar-refractivity contribution in [2.24, 2.45) is 5.92 Å². The van der Waals surface area contributed by atoms with Gasteiger partial charge in [-0.3, -0.25) is 6.08 Å². The minimum absolute atomic E-state index is 0. The fraction of sp³-hybridized carbons (Fsp3) is 0.286. The molecule has 0 bridgehead atoms. The van der Waals surface area contributed by atoms with E-state index in [0.29, 0.717) is 0 Å². The molecule has 43 valence electrons. The molecule has 0 rings (SSSR count). The molecule has 0 aliphatic rings. The average molecular weight is 183 g/mol. The molecule has 0 spiro atoms. The molecule has 0 nitrogen and oxygen atoms in total. The van der Waals surface area contributed by atoms with E-state index >= 15 is 0 Å². The maximum absolute atomic E-state index is 5.09. The maximum Gasteiger partial charge on any atom is 0 e. The predicted octanol–water partition coefficient (Wildman–Crippen LogP) is 2.00. The molecule has 1 unspecified atom stereocenters. The van der Waals surface area contributed by atoms with Gasteiger partial charge in [0.25, 0.3) is 0 Å². The van der Waals surface area contributed by atoms with Crippen LogP contribution in [-0.4, -0.2) is 0 Å². The molecule has 0 N–H and O–H groups in total. The third kappa shape index (κ3) is 6.58. The molecule has 0 heterocycles. The van der Waals surface area contributed by atoms with Gasteiger partial charge in [-0.25, -0.2) is 0 Å². The zero-order valence-corrected chi connectivity index (χ0v) is 7.85. The van der Waals surface area contributed by atoms with Crippen molar-refractivity contribution in [3.63, 3.8) is 0 Å². The normalized spacial score (nSPS) is 11.1. The molecule has 0 saturated carbocycles. The van der Waals surface area contributed by atoms with Gasteiger partial charge >= 0.3 is 0 Å². The summed E-state index contributed by atoms with van der Waals surface area (Å²) in [5.74, 6) is 0.282. The van der Waals surface area contributed by atoms with Gasteiger partial charge in [-0.05, 0) is 0 Å². The van der Waals surface area contributed by atoms with Gasteiger partial charge in [0.05, 0.1) is 0 Å². The quantitative estimate of drug-likeness (QED) is 0.463. The van der Waals surface area contributed by atoms with E-state index in [2.05, 4.69) is 13.5 Å². The smallest absolute Gasteiger partial charge is 0 e. The SMILES string of the molecule is [CH-]=CCC([CH2-])C=C.[Y]. The molecular formula is C7H10Y-2. The van der Waals surface area contributed by atoms with Crippen LogP contribution < -0.4 is 0 Å². The molecule has 0 aromatic rings. The predicted molar refractivity (Wildman–Crippen MR) is 32.5 cm³/mol. The zero-order valence-electron chi connectivity index (χ0n) is 5.01. The molecule has 0 fully saturated rings. The fourth-order valence-corrected chi connectivity index (χ4v) is 0.271. The van der Waals surface area contributed by atoms with Crippen LogP contribution in [0.2, 0.25) is 0 Å². The first kappa shape index (κ1) is 11.4. The van der Waals surface area contributed by atoms with E-state index in [-0.39, 0.29) is 38.6 Å². The van der Waals surface area contributed by atoms with Gasteiger partial charge in [0, 0.05) is 32.7 Å². The number of rotatable bonds is 3. The maximum atomic E-state index is 5.09. The van der Waals surface area contributed by atoms with Crippen LogP contribution in [0.3, 0.4) is 0 Å². The van der Waals surface area contributed by atoms with E-state index in [4.69, 9.17) is 6.58 Å². The van der Waals surface area contributed by atoms with Crippen LogP contribution in [0.25, 0.3) is 0 Å². The summed E-state index contributed by atoms with van der Waals surface area (Å²) >= 11 is 0. The Labute approximate surface area is 76.9 Å². The Hall–Kier alpha value is 0.584. The van der Waals surface area contributed by atoms with Crippen LogP contribution in [0, 0.1) is 19.4 Å². The summed E-state index contributed by atoms with van der Waals surface area (Å²) in [6.07, 6.45) is 4.20. The second-order valence-corrected chi connectivity index (χ2v) is 1.47. The van der Waals surface area contributed by atoms with Crippen molar-refractivity contribution in [2.45, 2.75) is 6.42 Å². The van der Waals surface area contributed by atoms with Crippen molar-refractivity contribution in [3.8, 4) is 0 Å². The molecule has 0 aromatic heterocycles. The van der Waals surface area contributed by atoms with Gasteiger partial charge in [-0.1, -0.05) is 6.42 Å². The van der Waals surface area contributed by atoms with Crippen molar-refractivity contribution >= 4 is 0 Å². The van der Waals surface area contributed by atoms with Crippen LogP contribution >= 0.6 is 0 Å². The van der Waals surface area contributed by atoms with Crippen molar-refractivity contribution in [3.05, 3.63) is 32.2 Å². The summed E-state index contributed by atoms with van der Waals surface area (Å²) in [5, 5.41) is 0. The summed E-state index contributed by atoms with van der Waals surface area (Å²) in [4.78, 5) is 0. The molecule has 0 aliphatic carbocycles. The second-order valence-electron chi connectivity index (χ2n) is 1.47. The topological polar surface area (TPSA) is 0 Å². The van der Waals surface area contributed by atoms with Crippen molar-refractivity contribution in [1.29, 1.82) is 0 Å². The third-order valence-electron chi connectivity index (χ3n) is 0.772. The van der Waals surface area contributed by atoms with Gasteiger partial charge in [0.15, 0.2) is 0 Å². The molecule has 0 saturated heterocycles. The Bertz CT molecular complexity index is 66.8. The molecule has 1 radical (unpaired) electrons. The van der Waals surface area contributed by atoms with Gasteiger partial charge in [-0.2, -0.15) is 5.92 Å². The van der Waals surface area contributed by atoms with Gasteiger partial charge in [-0.15, -0.1) is 12.7 Å². The van der Waals surface area contributed by atoms with Gasteiger partial charge < -0.3 is 13.5 Å². The van der Waals surface area contributed by atoms with E-state index in [1.54, 1.807) is 12.2 Å². The Kier molecular flexibility index (Phi) is 10.8. The number of hydrogen-bond acceptors (Lipinski definition) is 0. The summed E-state index contributed by atoms with van der Waals surface area (Å²) in [6, 6.07) is 0. The molecule has 0 aromatic carbocycles. The average Bonchev–Trinajstić information content (AvgIpc) is 1.68. The van der Waals surface area contributed by atoms with E-state index in [9.17, 15) is 0 Å². The van der Waals surface area contributed by atoms with Gasteiger partial charge in [0.2, 0.25) is 0 Å². The molecule has 1 atom stereocenters. The summed E-state index contributed by atoms with van der Waals surface area (Å²) in [6.45, 7) is 12.4. The van der Waals surface area contributed by atoms with Crippen LogP contribution in [0.15, 0.2) is 18.7 Å². The summed E-state index contributed by atoms with van der Waals surface area (Å²) in [7, 11) is 0. The van der Waals surface area contributed by atoms with Crippen LogP contribution in [0.1, 0.15) is 6.42 Å². The first-order valence-corrected chi connectivity index (χ1v) is 2.30. The van der Waals surface area contributed by atoms with Crippen molar-refractivity contribution < 1.29 is 32.7 Å². The molecule has 0 aliphatic heterocycles. The fourth-order valence-electron chi connectivity index (χ4n) is 0.271. The second kappa shape index (κ2) is 7.58. The van der Waals surface area contributed by atoms with E-state index in [1.807, 2.05) is 0 Å². The molecular weight excluding hydrogens is 173 g/mol. The van der Waals surface area contributed by atoms with Crippen molar-refractivity contribution in [2.75, 3.05) is 0 Å². The Balaban J connectivity index is 0. The number of hydrogen-bond donors (Lipinski definition) is 0. The third-order valence-corrected chi connectivity index (χ3v) is 0.772. The van der Waals surface area contributed by atoms with Crippen LogP contribution in [0.5, 0.6) is 0 Å². The Morgan fingerprint density at radius 2 is 2.25 bits per heavy atom. The van der Waals surface area contributed by atoms with E-state index in [0.717, 1.165) is 6.42 Å². The van der Waals surface area contributed by atoms with E-state index < -0.39 is 0 Å². The first-order valence-electron chi connectivity index (χ1n) is 2.30. The molecule has 0 amide bonds. The van der Waals surface area contributed by atoms with Crippen molar-refractivity contribution in [1.82, 2.24) is 0 Å². The molecule has 8 heavy (non-hydrogen) atoms. The minimum atomic E-state index is 0. The minimum Gasteiger partial charge on any atom is -0.518 e. The Morgan fingerprint density at radius 1 is 1.75 bits per heavy atom. The first-order chi connectivity index (χ1) is 3.31. The summed E-state index contributed by atoms with van der Waals surface area (Å²) < 4.78 is 0. The summed E-state index contributed by atoms with van der Waals surface area (Å²) in [5.41, 5.74) is 0. The molecule has 1 heteroatoms. The number of allylic oxidation sites excluding steroid dienone is 2. The Morgan fingerprint density at radius 3 is 2.38 bits per heavy atom.